The first kappa shape index (κ1) is 20.9. The van der Waals surface area contributed by atoms with E-state index in [4.69, 9.17) is 4.74 Å². The second-order valence-corrected chi connectivity index (χ2v) is 8.70. The molecule has 154 valence electrons. The number of hydrazone groups is 1. The zero-order chi connectivity index (χ0) is 21.0. The van der Waals surface area contributed by atoms with Crippen LogP contribution in [0.3, 0.4) is 0 Å². The van der Waals surface area contributed by atoms with Crippen molar-refractivity contribution in [2.24, 2.45) is 5.10 Å². The van der Waals surface area contributed by atoms with Gasteiger partial charge in [0.15, 0.2) is 0 Å². The summed E-state index contributed by atoms with van der Waals surface area (Å²) in [6, 6.07) is 12.9. The fraction of sp³-hybridized carbons (Fsp3) is 0.316. The molecule has 1 aliphatic rings. The summed E-state index contributed by atoms with van der Waals surface area (Å²) in [5.41, 5.74) is 3.38. The Hall–Kier alpha value is -2.82. The van der Waals surface area contributed by atoms with Crippen LogP contribution < -0.4 is 5.43 Å². The zero-order valence-corrected chi connectivity index (χ0v) is 16.9. The molecule has 10 heteroatoms. The van der Waals surface area contributed by atoms with E-state index in [2.05, 4.69) is 10.5 Å². The Morgan fingerprint density at radius 3 is 2.45 bits per heavy atom. The Balaban J connectivity index is 1.95. The number of benzene rings is 2. The Morgan fingerprint density at radius 1 is 1.17 bits per heavy atom. The summed E-state index contributed by atoms with van der Waals surface area (Å²) in [7, 11) is -4.00. The highest BCUT2D eigenvalue weighted by Gasteiger charge is 2.34. The summed E-state index contributed by atoms with van der Waals surface area (Å²) < 4.78 is 33.4. The van der Waals surface area contributed by atoms with E-state index in [1.807, 2.05) is 30.3 Å². The van der Waals surface area contributed by atoms with Gasteiger partial charge in [-0.05, 0) is 25.5 Å². The van der Waals surface area contributed by atoms with Crippen molar-refractivity contribution >= 4 is 27.6 Å². The van der Waals surface area contributed by atoms with E-state index >= 15 is 0 Å². The Morgan fingerprint density at radius 2 is 1.83 bits per heavy atom. The number of nitro benzene ring substituents is 1. The molecule has 29 heavy (non-hydrogen) atoms. The van der Waals surface area contributed by atoms with Crippen LogP contribution in [0.1, 0.15) is 19.4 Å². The van der Waals surface area contributed by atoms with Gasteiger partial charge in [0, 0.05) is 25.2 Å². The molecule has 1 saturated heterocycles. The number of rotatable bonds is 6. The van der Waals surface area contributed by atoms with Crippen LogP contribution in [0.2, 0.25) is 0 Å². The molecule has 2 aromatic carbocycles. The minimum absolute atomic E-state index is 0.162. The molecule has 1 N–H and O–H groups in total. The summed E-state index contributed by atoms with van der Waals surface area (Å²) in [6.07, 6.45) is 0.982. The third-order valence-corrected chi connectivity index (χ3v) is 6.25. The summed E-state index contributed by atoms with van der Waals surface area (Å²) in [6.45, 7) is 3.91. The largest absolute Gasteiger partial charge is 0.373 e. The average Bonchev–Trinajstić information content (AvgIpc) is 2.68. The first-order valence-corrected chi connectivity index (χ1v) is 10.5. The van der Waals surface area contributed by atoms with E-state index in [0.29, 0.717) is 0 Å². The molecule has 1 aliphatic heterocycles. The molecule has 0 aromatic heterocycles. The maximum Gasteiger partial charge on any atom is 0.270 e. The summed E-state index contributed by atoms with van der Waals surface area (Å²) in [4.78, 5) is 10.4. The average molecular weight is 418 g/mol. The van der Waals surface area contributed by atoms with Gasteiger partial charge in [-0.3, -0.25) is 15.5 Å². The number of non-ortho nitro benzene ring substituents is 1. The predicted molar refractivity (Wildman–Crippen MR) is 110 cm³/mol. The van der Waals surface area contributed by atoms with E-state index in [1.54, 1.807) is 13.8 Å². The molecule has 0 amide bonds. The van der Waals surface area contributed by atoms with Crippen molar-refractivity contribution in [3.63, 3.8) is 0 Å². The topological polar surface area (TPSA) is 114 Å². The summed E-state index contributed by atoms with van der Waals surface area (Å²) in [5, 5.41) is 15.3. The van der Waals surface area contributed by atoms with Gasteiger partial charge in [-0.25, -0.2) is 8.42 Å². The van der Waals surface area contributed by atoms with Gasteiger partial charge in [-0.2, -0.15) is 9.41 Å². The molecule has 1 fully saturated rings. The van der Waals surface area contributed by atoms with E-state index in [1.165, 1.54) is 22.7 Å². The van der Waals surface area contributed by atoms with Crippen LogP contribution in [0.5, 0.6) is 0 Å². The van der Waals surface area contributed by atoms with Crippen molar-refractivity contribution in [1.29, 1.82) is 0 Å². The standard InChI is InChI=1S/C19H22N4O5S/c1-14-12-22(13-15(2)28-14)29(26,27)19-10-17(23(24)25)8-9-18(19)21-20-11-16-6-4-3-5-7-16/h3-11,14-15,21H,12-13H2,1-2H3/b20-11-/t14-,15-/m0/s1. The number of nitro groups is 1. The molecule has 0 aliphatic carbocycles. The number of hydrogen-bond donors (Lipinski definition) is 1. The van der Waals surface area contributed by atoms with Crippen molar-refractivity contribution in [3.05, 3.63) is 64.2 Å². The normalized spacial score (nSPS) is 20.6. The third-order valence-electron chi connectivity index (χ3n) is 4.38. The van der Waals surface area contributed by atoms with Gasteiger partial charge in [-0.1, -0.05) is 30.3 Å². The molecule has 0 radical (unpaired) electrons. The van der Waals surface area contributed by atoms with Crippen LogP contribution in [0, 0.1) is 10.1 Å². The van der Waals surface area contributed by atoms with E-state index in [9.17, 15) is 18.5 Å². The fourth-order valence-corrected chi connectivity index (χ4v) is 4.86. The van der Waals surface area contributed by atoms with Crippen molar-refractivity contribution in [3.8, 4) is 0 Å². The molecule has 2 aromatic rings. The number of nitrogens with one attached hydrogen (secondary N) is 1. The number of nitrogens with zero attached hydrogens (tertiary/aromatic N) is 3. The maximum atomic E-state index is 13.3. The van der Waals surface area contributed by atoms with Gasteiger partial charge in [-0.15, -0.1) is 0 Å². The van der Waals surface area contributed by atoms with E-state index in [-0.39, 0.29) is 41.6 Å². The van der Waals surface area contributed by atoms with Gasteiger partial charge in [0.1, 0.15) is 4.90 Å². The lowest BCUT2D eigenvalue weighted by Crippen LogP contribution is -2.48. The van der Waals surface area contributed by atoms with Crippen LogP contribution >= 0.6 is 0 Å². The smallest absolute Gasteiger partial charge is 0.270 e. The molecule has 9 nitrogen and oxygen atoms in total. The lowest BCUT2D eigenvalue weighted by molar-refractivity contribution is -0.385. The molecule has 2 atom stereocenters. The number of ether oxygens (including phenoxy) is 1. The fourth-order valence-electron chi connectivity index (χ4n) is 3.11. The van der Waals surface area contributed by atoms with Crippen LogP contribution in [0.4, 0.5) is 11.4 Å². The molecule has 0 bridgehead atoms. The SMILES string of the molecule is C[C@H]1CN(S(=O)(=O)c2cc([N+](=O)[O-])ccc2N/N=C\c2ccccc2)C[C@H](C)O1. The second-order valence-electron chi connectivity index (χ2n) is 6.80. The lowest BCUT2D eigenvalue weighted by Gasteiger charge is -2.34. The summed E-state index contributed by atoms with van der Waals surface area (Å²) in [5.74, 6) is 0. The van der Waals surface area contributed by atoms with Gasteiger partial charge >= 0.3 is 0 Å². The molecule has 3 rings (SSSR count). The van der Waals surface area contributed by atoms with Gasteiger partial charge in [0.2, 0.25) is 10.0 Å². The molecule has 1 heterocycles. The monoisotopic (exact) mass is 418 g/mol. The first-order valence-electron chi connectivity index (χ1n) is 9.05. The Bertz CT molecular complexity index is 1000. The minimum atomic E-state index is -4.00. The maximum absolute atomic E-state index is 13.3. The Kier molecular flexibility index (Phi) is 6.26. The molecular formula is C19H22N4O5S. The van der Waals surface area contributed by atoms with Crippen molar-refractivity contribution < 1.29 is 18.1 Å². The highest BCUT2D eigenvalue weighted by molar-refractivity contribution is 7.89. The molecule has 0 spiro atoms. The minimum Gasteiger partial charge on any atom is -0.373 e. The number of sulfonamides is 1. The van der Waals surface area contributed by atoms with Gasteiger partial charge in [0.05, 0.1) is 29.0 Å². The van der Waals surface area contributed by atoms with Gasteiger partial charge < -0.3 is 4.74 Å². The van der Waals surface area contributed by atoms with Crippen LogP contribution in [0.25, 0.3) is 0 Å². The van der Waals surface area contributed by atoms with Crippen molar-refractivity contribution in [2.75, 3.05) is 18.5 Å². The van der Waals surface area contributed by atoms with Gasteiger partial charge in [0.25, 0.3) is 5.69 Å². The Labute approximate surface area is 169 Å². The van der Waals surface area contributed by atoms with E-state index < -0.39 is 14.9 Å². The molecular weight excluding hydrogens is 396 g/mol. The lowest BCUT2D eigenvalue weighted by atomic mass is 10.2. The van der Waals surface area contributed by atoms with Crippen molar-refractivity contribution in [2.45, 2.75) is 31.0 Å². The highest BCUT2D eigenvalue weighted by atomic mass is 32.2. The van der Waals surface area contributed by atoms with E-state index in [0.717, 1.165) is 11.6 Å². The predicted octanol–water partition coefficient (Wildman–Crippen LogP) is 2.84. The van der Waals surface area contributed by atoms with Crippen molar-refractivity contribution in [1.82, 2.24) is 4.31 Å². The third kappa shape index (κ3) is 4.97. The zero-order valence-electron chi connectivity index (χ0n) is 16.1. The van der Waals surface area contributed by atoms with Crippen LogP contribution in [0.15, 0.2) is 58.5 Å². The quantitative estimate of drug-likeness (QED) is 0.438. The number of morpholine rings is 1. The first-order chi connectivity index (χ1) is 13.8. The number of hydrogen-bond acceptors (Lipinski definition) is 7. The number of anilines is 1. The summed E-state index contributed by atoms with van der Waals surface area (Å²) >= 11 is 0. The second kappa shape index (κ2) is 8.68. The molecule has 0 unspecified atom stereocenters. The highest BCUT2D eigenvalue weighted by Crippen LogP contribution is 2.30. The van der Waals surface area contributed by atoms with Crippen LogP contribution in [-0.4, -0.2) is 49.2 Å². The molecule has 0 saturated carbocycles. The van der Waals surface area contributed by atoms with Crippen LogP contribution in [-0.2, 0) is 14.8 Å².